The number of hydrogen-bond acceptors (Lipinski definition) is 7. The molecule has 0 N–H and O–H groups in total. The topological polar surface area (TPSA) is 59.5 Å². The van der Waals surface area contributed by atoms with Gasteiger partial charge in [0.25, 0.3) is 0 Å². The van der Waals surface area contributed by atoms with Gasteiger partial charge in [-0.15, -0.1) is 22.7 Å². The summed E-state index contributed by atoms with van der Waals surface area (Å²) in [6.07, 6.45) is 1.39. The van der Waals surface area contributed by atoms with Crippen molar-refractivity contribution in [1.29, 1.82) is 0 Å². The summed E-state index contributed by atoms with van der Waals surface area (Å²) in [5.74, 6) is -0.209. The third-order valence-electron chi connectivity index (χ3n) is 4.15. The van der Waals surface area contributed by atoms with E-state index in [1.807, 2.05) is 19.0 Å². The van der Waals surface area contributed by atoms with Crippen molar-refractivity contribution in [3.05, 3.63) is 22.2 Å². The number of aromatic nitrogens is 1. The Morgan fingerprint density at radius 2 is 2.08 bits per heavy atom. The number of nitrogens with zero attached hydrogens (tertiary/aromatic N) is 2. The molecule has 1 aliphatic rings. The van der Waals surface area contributed by atoms with Crippen molar-refractivity contribution in [3.63, 3.8) is 0 Å². The fourth-order valence-electron chi connectivity index (χ4n) is 3.14. The monoisotopic (exact) mass is 378 g/mol. The summed E-state index contributed by atoms with van der Waals surface area (Å²) in [7, 11) is 3.91. The summed E-state index contributed by atoms with van der Waals surface area (Å²) in [6.45, 7) is 6.35. The van der Waals surface area contributed by atoms with Crippen LogP contribution in [0.5, 0.6) is 0 Å². The molecule has 2 aromatic heterocycles. The molecule has 7 heteroatoms. The van der Waals surface area contributed by atoms with Crippen LogP contribution in [0.15, 0.2) is 5.38 Å². The van der Waals surface area contributed by atoms with E-state index >= 15 is 0 Å². The van der Waals surface area contributed by atoms with E-state index in [0.29, 0.717) is 18.7 Å². The minimum Gasteiger partial charge on any atom is -0.461 e. The molecule has 25 heavy (non-hydrogen) atoms. The van der Waals surface area contributed by atoms with E-state index < -0.39 is 5.97 Å². The van der Waals surface area contributed by atoms with Gasteiger partial charge in [-0.25, -0.2) is 9.78 Å². The second-order valence-corrected chi connectivity index (χ2v) is 9.04. The second-order valence-electron chi connectivity index (χ2n) is 7.18. The first-order chi connectivity index (χ1) is 11.7. The van der Waals surface area contributed by atoms with Crippen molar-refractivity contribution >= 4 is 39.4 Å². The summed E-state index contributed by atoms with van der Waals surface area (Å²) in [5.41, 5.74) is 2.17. The molecule has 0 fully saturated rings. The van der Waals surface area contributed by atoms with E-state index in [1.54, 1.807) is 23.6 Å². The maximum absolute atomic E-state index is 12.8. The molecule has 0 unspecified atom stereocenters. The van der Waals surface area contributed by atoms with Crippen molar-refractivity contribution in [2.45, 2.75) is 33.6 Å². The van der Waals surface area contributed by atoms with Crippen molar-refractivity contribution in [2.75, 3.05) is 25.6 Å². The molecule has 0 aromatic carbocycles. The number of anilines is 1. The van der Waals surface area contributed by atoms with E-state index in [4.69, 9.17) is 4.74 Å². The summed E-state index contributed by atoms with van der Waals surface area (Å²) < 4.78 is 5.03. The highest BCUT2D eigenvalue weighted by molar-refractivity contribution is 7.24. The van der Waals surface area contributed by atoms with Crippen molar-refractivity contribution < 1.29 is 14.3 Å². The van der Waals surface area contributed by atoms with Crippen LogP contribution in [0.2, 0.25) is 0 Å². The van der Waals surface area contributed by atoms with Crippen LogP contribution in [0.25, 0.3) is 9.88 Å². The number of rotatable bonds is 4. The summed E-state index contributed by atoms with van der Waals surface area (Å²) >= 11 is 3.00. The Hall–Kier alpha value is -1.73. The molecule has 0 amide bonds. The molecule has 0 bridgehead atoms. The Morgan fingerprint density at radius 1 is 1.36 bits per heavy atom. The van der Waals surface area contributed by atoms with Gasteiger partial charge in [0, 0.05) is 25.9 Å². The average molecular weight is 379 g/mol. The van der Waals surface area contributed by atoms with E-state index in [9.17, 15) is 9.59 Å². The zero-order chi connectivity index (χ0) is 18.4. The van der Waals surface area contributed by atoms with Gasteiger partial charge in [-0.05, 0) is 24.3 Å². The van der Waals surface area contributed by atoms with Crippen LogP contribution in [0.4, 0.5) is 5.00 Å². The lowest BCUT2D eigenvalue weighted by Crippen LogP contribution is -2.27. The number of esters is 1. The van der Waals surface area contributed by atoms with Gasteiger partial charge in [-0.3, -0.25) is 4.79 Å². The van der Waals surface area contributed by atoms with Crippen LogP contribution in [0.1, 0.15) is 53.6 Å². The SMILES string of the molecule is CCOC(=O)c1csc(-c2sc(N(C)C)c3c2CC(C)(C)CC3=O)n1. The summed E-state index contributed by atoms with van der Waals surface area (Å²) in [4.78, 5) is 32.1. The standard InChI is InChI=1S/C18H22N2O3S2/c1-6-23-17(22)11-9-24-15(19-11)14-10-7-18(2,3)8-12(21)13(10)16(25-14)20(4)5/h9H,6-8H2,1-5H3. The van der Waals surface area contributed by atoms with Gasteiger partial charge in [-0.1, -0.05) is 13.8 Å². The molecule has 0 atom stereocenters. The Bertz CT molecular complexity index is 833. The first-order valence-corrected chi connectivity index (χ1v) is 9.92. The van der Waals surface area contributed by atoms with Gasteiger partial charge >= 0.3 is 5.97 Å². The fourth-order valence-corrected chi connectivity index (χ4v) is 5.30. The van der Waals surface area contributed by atoms with Crippen molar-refractivity contribution in [1.82, 2.24) is 4.98 Å². The number of hydrogen-bond donors (Lipinski definition) is 0. The minimum atomic E-state index is -0.403. The zero-order valence-corrected chi connectivity index (χ0v) is 16.8. The van der Waals surface area contributed by atoms with Crippen molar-refractivity contribution in [2.24, 2.45) is 5.41 Å². The first-order valence-electron chi connectivity index (χ1n) is 8.22. The molecule has 0 saturated carbocycles. The van der Waals surface area contributed by atoms with Crippen LogP contribution >= 0.6 is 22.7 Å². The van der Waals surface area contributed by atoms with E-state index in [-0.39, 0.29) is 11.2 Å². The lowest BCUT2D eigenvalue weighted by atomic mass is 9.74. The maximum Gasteiger partial charge on any atom is 0.357 e. The zero-order valence-electron chi connectivity index (χ0n) is 15.1. The smallest absolute Gasteiger partial charge is 0.357 e. The normalized spacial score (nSPS) is 15.8. The van der Waals surface area contributed by atoms with Crippen LogP contribution in [-0.2, 0) is 11.2 Å². The summed E-state index contributed by atoms with van der Waals surface area (Å²) in [6, 6.07) is 0. The van der Waals surface area contributed by atoms with Gasteiger partial charge in [-0.2, -0.15) is 0 Å². The predicted molar refractivity (Wildman–Crippen MR) is 102 cm³/mol. The van der Waals surface area contributed by atoms with Crippen molar-refractivity contribution in [3.8, 4) is 9.88 Å². The van der Waals surface area contributed by atoms with Gasteiger partial charge in [0.15, 0.2) is 11.5 Å². The van der Waals surface area contributed by atoms with Crippen LogP contribution in [0, 0.1) is 5.41 Å². The molecule has 0 radical (unpaired) electrons. The molecule has 0 saturated heterocycles. The maximum atomic E-state index is 12.8. The lowest BCUT2D eigenvalue weighted by molar-refractivity contribution is 0.0520. The first kappa shape index (κ1) is 18.1. The molecule has 2 aromatic rings. The van der Waals surface area contributed by atoms with Gasteiger partial charge in [0.1, 0.15) is 10.0 Å². The molecule has 5 nitrogen and oxygen atoms in total. The highest BCUT2D eigenvalue weighted by atomic mass is 32.1. The number of carbonyl (C=O) groups is 2. The van der Waals surface area contributed by atoms with Gasteiger partial charge < -0.3 is 9.64 Å². The molecule has 0 aliphatic heterocycles. The molecule has 3 rings (SSSR count). The number of thiophene rings is 1. The number of thiazole rings is 1. The number of carbonyl (C=O) groups excluding carboxylic acids is 2. The average Bonchev–Trinajstić information content (AvgIpc) is 3.10. The molecule has 1 aliphatic carbocycles. The van der Waals surface area contributed by atoms with Gasteiger partial charge in [0.2, 0.25) is 0 Å². The largest absolute Gasteiger partial charge is 0.461 e. The molecule has 0 spiro atoms. The van der Waals surface area contributed by atoms with E-state index in [1.165, 1.54) is 11.3 Å². The fraction of sp³-hybridized carbons (Fsp3) is 0.500. The number of fused-ring (bicyclic) bond motifs is 1. The Labute approximate surface area is 155 Å². The van der Waals surface area contributed by atoms with Crippen LogP contribution in [-0.4, -0.2) is 37.4 Å². The van der Waals surface area contributed by atoms with Gasteiger partial charge in [0.05, 0.1) is 17.0 Å². The second kappa shape index (κ2) is 6.53. The Morgan fingerprint density at radius 3 is 2.72 bits per heavy atom. The third kappa shape index (κ3) is 3.35. The quantitative estimate of drug-likeness (QED) is 0.744. The highest BCUT2D eigenvalue weighted by Crippen LogP contribution is 2.49. The number of ketones is 1. The Kier molecular flexibility index (Phi) is 4.72. The predicted octanol–water partition coefficient (Wildman–Crippen LogP) is 4.27. The summed E-state index contributed by atoms with van der Waals surface area (Å²) in [5, 5.41) is 3.48. The molecular weight excluding hydrogens is 356 g/mol. The molecule has 2 heterocycles. The Balaban J connectivity index is 2.10. The highest BCUT2D eigenvalue weighted by Gasteiger charge is 2.37. The molecule has 134 valence electrons. The minimum absolute atomic E-state index is 0.0648. The number of ether oxygens (including phenoxy) is 1. The van der Waals surface area contributed by atoms with Crippen LogP contribution in [0.3, 0.4) is 0 Å². The lowest BCUT2D eigenvalue weighted by Gasteiger charge is -2.29. The molecular formula is C18H22N2O3S2. The van der Waals surface area contributed by atoms with E-state index in [2.05, 4.69) is 18.8 Å². The number of Topliss-reactive ketones (excluding diaryl/α,β-unsaturated/α-hetero) is 1. The van der Waals surface area contributed by atoms with Crippen LogP contribution < -0.4 is 4.90 Å². The third-order valence-corrected chi connectivity index (χ3v) is 6.55. The van der Waals surface area contributed by atoms with E-state index in [0.717, 1.165) is 32.4 Å².